The molecule has 0 bridgehead atoms. The molecule has 4 saturated carbocycles. The average molecular weight is 570 g/mol. The van der Waals surface area contributed by atoms with Gasteiger partial charge in [0.15, 0.2) is 0 Å². The van der Waals surface area contributed by atoms with Crippen molar-refractivity contribution in [2.45, 2.75) is 132 Å². The van der Waals surface area contributed by atoms with Crippen molar-refractivity contribution in [2.24, 2.45) is 56.7 Å². The van der Waals surface area contributed by atoms with Gasteiger partial charge in [-0.1, -0.05) is 73.5 Å². The summed E-state index contributed by atoms with van der Waals surface area (Å²) < 4.78 is 6.19. The molecule has 232 valence electrons. The van der Waals surface area contributed by atoms with Crippen LogP contribution in [0.5, 0.6) is 0 Å². The van der Waals surface area contributed by atoms with Crippen LogP contribution in [0.15, 0.2) is 11.6 Å². The van der Waals surface area contributed by atoms with Crippen molar-refractivity contribution < 1.29 is 19.4 Å². The van der Waals surface area contributed by atoms with Crippen LogP contribution < -0.4 is 5.32 Å². The summed E-state index contributed by atoms with van der Waals surface area (Å²) >= 11 is 0. The van der Waals surface area contributed by atoms with Gasteiger partial charge in [-0.15, -0.1) is 0 Å². The number of esters is 1. The number of carbonyl (C=O) groups is 2. The lowest BCUT2D eigenvalue weighted by Gasteiger charge is -2.71. The SMILES string of the molecule is CCCCNCC(=O)O[C@H]1CC[C@]2(C)[C@H]3CC=C4[C@@H]5[C@@H](C)[C@H](C)CC[C@]5(C(=O)O)CC[C@@]4(C)[C@]3(C)CC[C@H]2C1(C)C. The molecule has 0 heterocycles. The maximum absolute atomic E-state index is 12.9. The Balaban J connectivity index is 1.42. The van der Waals surface area contributed by atoms with Crippen LogP contribution in [0, 0.1) is 56.7 Å². The molecule has 0 unspecified atom stereocenters. The molecule has 0 aliphatic heterocycles. The van der Waals surface area contributed by atoms with E-state index in [0.717, 1.165) is 70.8 Å². The molecule has 0 aromatic carbocycles. The minimum atomic E-state index is -0.586. The number of hydrogen-bond acceptors (Lipinski definition) is 4. The second-order valence-corrected chi connectivity index (χ2v) is 16.5. The number of carbonyl (C=O) groups excluding carboxylic acids is 1. The van der Waals surface area contributed by atoms with Gasteiger partial charge in [0.05, 0.1) is 12.0 Å². The van der Waals surface area contributed by atoms with Crippen molar-refractivity contribution in [1.29, 1.82) is 0 Å². The van der Waals surface area contributed by atoms with Crippen LogP contribution in [0.2, 0.25) is 0 Å². The number of carboxylic acids is 1. The lowest BCUT2D eigenvalue weighted by molar-refractivity contribution is -0.214. The largest absolute Gasteiger partial charge is 0.481 e. The molecule has 0 saturated heterocycles. The predicted molar refractivity (Wildman–Crippen MR) is 164 cm³/mol. The molecule has 0 radical (unpaired) electrons. The summed E-state index contributed by atoms with van der Waals surface area (Å²) in [5.41, 5.74) is 1.21. The van der Waals surface area contributed by atoms with Crippen LogP contribution in [0.4, 0.5) is 0 Å². The number of hydrogen-bond donors (Lipinski definition) is 2. The zero-order valence-electron chi connectivity index (χ0n) is 27.4. The smallest absolute Gasteiger partial charge is 0.320 e. The van der Waals surface area contributed by atoms with Gasteiger partial charge in [0, 0.05) is 5.41 Å². The number of fused-ring (bicyclic) bond motifs is 7. The van der Waals surface area contributed by atoms with Gasteiger partial charge in [0.2, 0.25) is 0 Å². The highest BCUT2D eigenvalue weighted by Gasteiger charge is 2.69. The highest BCUT2D eigenvalue weighted by molar-refractivity contribution is 5.76. The number of rotatable bonds is 7. The molecule has 5 rings (SSSR count). The molecule has 10 atom stereocenters. The number of aliphatic carboxylic acids is 1. The summed E-state index contributed by atoms with van der Waals surface area (Å²) in [7, 11) is 0. The normalized spacial score (nSPS) is 46.7. The fourth-order valence-electron chi connectivity index (χ4n) is 11.7. The standard InChI is InChI=1S/C36H59NO4/c1-9-10-21-37-22-29(38)41-28-15-16-33(6)26(32(28,4)5)14-17-35(8)27(33)12-11-25-30-24(3)23(2)13-18-36(30,31(39)40)20-19-34(25,35)7/h11,23-24,26-28,30,37H,9-10,12-22H2,1-8H3,(H,39,40)/t23-,24+,26+,27-,28+,30+,33+,34-,35-,36+/m1/s1. The molecule has 0 aromatic rings. The van der Waals surface area contributed by atoms with Crippen LogP contribution in [0.1, 0.15) is 126 Å². The number of nitrogens with one attached hydrogen (secondary N) is 1. The summed E-state index contributed by atoms with van der Waals surface area (Å²) in [5, 5.41) is 13.9. The predicted octanol–water partition coefficient (Wildman–Crippen LogP) is 8.03. The topological polar surface area (TPSA) is 75.6 Å². The summed E-state index contributed by atoms with van der Waals surface area (Å²) in [4.78, 5) is 25.7. The Labute approximate surface area is 250 Å². The Morgan fingerprint density at radius 1 is 0.976 bits per heavy atom. The third-order valence-electron chi connectivity index (χ3n) is 14.6. The Bertz CT molecular complexity index is 1070. The van der Waals surface area contributed by atoms with Gasteiger partial charge in [0.1, 0.15) is 6.10 Å². The van der Waals surface area contributed by atoms with Crippen molar-refractivity contribution in [3.05, 3.63) is 11.6 Å². The van der Waals surface area contributed by atoms with Crippen LogP contribution >= 0.6 is 0 Å². The van der Waals surface area contributed by atoms with E-state index in [1.807, 2.05) is 0 Å². The Hall–Kier alpha value is -1.36. The van der Waals surface area contributed by atoms with Gasteiger partial charge in [0.25, 0.3) is 0 Å². The monoisotopic (exact) mass is 569 g/mol. The lowest BCUT2D eigenvalue weighted by Crippen LogP contribution is -2.65. The van der Waals surface area contributed by atoms with Crippen LogP contribution in [-0.4, -0.2) is 36.2 Å². The molecule has 4 fully saturated rings. The first-order valence-corrected chi connectivity index (χ1v) is 17.0. The zero-order valence-corrected chi connectivity index (χ0v) is 27.4. The summed E-state index contributed by atoms with van der Waals surface area (Å²) in [6.45, 7) is 20.4. The van der Waals surface area contributed by atoms with Crippen LogP contribution in [0.3, 0.4) is 0 Å². The number of unbranched alkanes of at least 4 members (excludes halogenated alkanes) is 1. The highest BCUT2D eigenvalue weighted by atomic mass is 16.5. The maximum atomic E-state index is 12.9. The maximum Gasteiger partial charge on any atom is 0.320 e. The van der Waals surface area contributed by atoms with Gasteiger partial charge in [-0.2, -0.15) is 0 Å². The lowest BCUT2D eigenvalue weighted by atomic mass is 9.33. The minimum Gasteiger partial charge on any atom is -0.481 e. The molecule has 0 spiro atoms. The molecule has 41 heavy (non-hydrogen) atoms. The van der Waals surface area contributed by atoms with E-state index in [1.165, 1.54) is 12.0 Å². The van der Waals surface area contributed by atoms with Crippen molar-refractivity contribution >= 4 is 11.9 Å². The third-order valence-corrected chi connectivity index (χ3v) is 14.6. The molecule has 5 heteroatoms. The molecule has 5 aliphatic rings. The summed E-state index contributed by atoms with van der Waals surface area (Å²) in [6, 6.07) is 0. The fraction of sp³-hybridized carbons (Fsp3) is 0.889. The summed E-state index contributed by atoms with van der Waals surface area (Å²) in [6.07, 6.45) is 13.8. The van der Waals surface area contributed by atoms with Gasteiger partial charge in [-0.3, -0.25) is 9.59 Å². The molecule has 0 amide bonds. The molecular formula is C36H59NO4. The van der Waals surface area contributed by atoms with E-state index in [-0.39, 0.29) is 39.7 Å². The molecule has 2 N–H and O–H groups in total. The van der Waals surface area contributed by atoms with Gasteiger partial charge >= 0.3 is 11.9 Å². The van der Waals surface area contributed by atoms with Crippen molar-refractivity contribution in [2.75, 3.05) is 13.1 Å². The van der Waals surface area contributed by atoms with E-state index in [9.17, 15) is 14.7 Å². The average Bonchev–Trinajstić information content (AvgIpc) is 2.90. The third kappa shape index (κ3) is 4.48. The zero-order chi connectivity index (χ0) is 30.0. The van der Waals surface area contributed by atoms with Gasteiger partial charge in [-0.05, 0) is 117 Å². The van der Waals surface area contributed by atoms with Crippen molar-refractivity contribution in [1.82, 2.24) is 5.32 Å². The second kappa shape index (κ2) is 10.7. The first kappa shape index (κ1) is 31.1. The van der Waals surface area contributed by atoms with Crippen molar-refractivity contribution in [3.63, 3.8) is 0 Å². The van der Waals surface area contributed by atoms with E-state index in [4.69, 9.17) is 4.74 Å². The molecule has 5 aliphatic carbocycles. The first-order valence-electron chi connectivity index (χ1n) is 17.0. The van der Waals surface area contributed by atoms with Crippen molar-refractivity contribution in [3.8, 4) is 0 Å². The first-order chi connectivity index (χ1) is 19.2. The van der Waals surface area contributed by atoms with Gasteiger partial charge < -0.3 is 15.2 Å². The van der Waals surface area contributed by atoms with Crippen LogP contribution in [0.25, 0.3) is 0 Å². The number of ether oxygens (including phenoxy) is 1. The van der Waals surface area contributed by atoms with E-state index in [2.05, 4.69) is 66.8 Å². The Morgan fingerprint density at radius 2 is 1.71 bits per heavy atom. The summed E-state index contributed by atoms with van der Waals surface area (Å²) in [5.74, 6) is 1.52. The van der Waals surface area contributed by atoms with E-state index in [1.54, 1.807) is 0 Å². The number of carboxylic acid groups (broad SMARTS) is 1. The van der Waals surface area contributed by atoms with Crippen LogP contribution in [-0.2, 0) is 14.3 Å². The fourth-order valence-corrected chi connectivity index (χ4v) is 11.7. The minimum absolute atomic E-state index is 0.0360. The molecular weight excluding hydrogens is 510 g/mol. The Morgan fingerprint density at radius 3 is 2.39 bits per heavy atom. The van der Waals surface area contributed by atoms with E-state index >= 15 is 0 Å². The highest BCUT2D eigenvalue weighted by Crippen LogP contribution is 2.75. The quantitative estimate of drug-likeness (QED) is 0.184. The van der Waals surface area contributed by atoms with E-state index < -0.39 is 11.4 Å². The molecule has 0 aromatic heterocycles. The second-order valence-electron chi connectivity index (χ2n) is 16.5. The number of allylic oxidation sites excluding steroid dienone is 2. The molecule has 5 nitrogen and oxygen atoms in total. The Kier molecular flexibility index (Phi) is 8.08. The van der Waals surface area contributed by atoms with Gasteiger partial charge in [-0.25, -0.2) is 0 Å². The van der Waals surface area contributed by atoms with E-state index in [0.29, 0.717) is 30.2 Å².